The lowest BCUT2D eigenvalue weighted by molar-refractivity contribution is 0.316. The van der Waals surface area contributed by atoms with Gasteiger partial charge in [0.05, 0.1) is 19.6 Å². The Labute approximate surface area is 96.8 Å². The normalized spacial score (nSPS) is 10.1. The van der Waals surface area contributed by atoms with Gasteiger partial charge in [0.25, 0.3) is 0 Å². The molecule has 0 fully saturated rings. The van der Waals surface area contributed by atoms with E-state index < -0.39 is 0 Å². The van der Waals surface area contributed by atoms with Crippen LogP contribution in [-0.4, -0.2) is 25.1 Å². The third-order valence-corrected chi connectivity index (χ3v) is 3.12. The monoisotopic (exact) mass is 230 g/mol. The van der Waals surface area contributed by atoms with Gasteiger partial charge in [-0.3, -0.25) is 4.48 Å². The lowest BCUT2D eigenvalue weighted by atomic mass is 10.2. The first-order chi connectivity index (χ1) is 6.29. The molecule has 0 saturated heterocycles. The minimum atomic E-state index is 0. The van der Waals surface area contributed by atoms with Crippen molar-refractivity contribution in [2.45, 2.75) is 20.8 Å². The van der Waals surface area contributed by atoms with E-state index in [2.05, 4.69) is 51.1 Å². The summed E-state index contributed by atoms with van der Waals surface area (Å²) >= 11 is 0. The summed E-state index contributed by atoms with van der Waals surface area (Å²) < 4.78 is 1.10. The molecule has 88 valence electrons. The zero-order chi connectivity index (χ0) is 9.73. The van der Waals surface area contributed by atoms with Gasteiger partial charge in [0.2, 0.25) is 0 Å². The molecule has 1 rings (SSSR count). The van der Waals surface area contributed by atoms with Gasteiger partial charge < -0.3 is 5.48 Å². The molecule has 0 aromatic heterocycles. The highest BCUT2D eigenvalue weighted by Gasteiger charge is 2.23. The number of quaternary nitrogens is 1. The second-order valence-corrected chi connectivity index (χ2v) is 3.43. The van der Waals surface area contributed by atoms with Crippen molar-refractivity contribution in [1.82, 2.24) is 4.48 Å². The summed E-state index contributed by atoms with van der Waals surface area (Å²) in [6.07, 6.45) is 0. The second-order valence-electron chi connectivity index (χ2n) is 3.43. The summed E-state index contributed by atoms with van der Waals surface area (Å²) in [5, 5.41) is 0. The zero-order valence-electron chi connectivity index (χ0n) is 10.2. The maximum atomic E-state index is 2.26. The van der Waals surface area contributed by atoms with Crippen LogP contribution in [0.5, 0.6) is 0 Å². The van der Waals surface area contributed by atoms with Crippen LogP contribution in [0.15, 0.2) is 30.3 Å². The highest BCUT2D eigenvalue weighted by atomic mass is 31.0. The van der Waals surface area contributed by atoms with E-state index in [9.17, 15) is 0 Å². The minimum Gasteiger partial charge on any atom is -0.412 e. The fourth-order valence-electron chi connectivity index (χ4n) is 1.96. The Morgan fingerprint density at radius 2 is 1.27 bits per heavy atom. The summed E-state index contributed by atoms with van der Waals surface area (Å²) in [5.41, 5.74) is 1.44. The standard InChI is InChI=1S/C12H20N.H2O.H3P/c1-4-13(5-2,6-3)12-10-8-7-9-11-12;;/h7-11H,4-6H2,1-3H3;1H2;1H3/q+1;;. The molecule has 0 bridgehead atoms. The van der Waals surface area contributed by atoms with E-state index in [-0.39, 0.29) is 15.4 Å². The predicted octanol–water partition coefficient (Wildman–Crippen LogP) is 2.29. The van der Waals surface area contributed by atoms with Crippen LogP contribution in [0.1, 0.15) is 20.8 Å². The highest BCUT2D eigenvalue weighted by molar-refractivity contribution is 6.92. The molecule has 0 heterocycles. The van der Waals surface area contributed by atoms with E-state index in [0.717, 1.165) is 4.48 Å². The molecule has 0 aliphatic rings. The topological polar surface area (TPSA) is 31.5 Å². The van der Waals surface area contributed by atoms with E-state index in [1.54, 1.807) is 0 Å². The third-order valence-electron chi connectivity index (χ3n) is 3.12. The van der Waals surface area contributed by atoms with E-state index >= 15 is 0 Å². The number of rotatable bonds is 4. The van der Waals surface area contributed by atoms with Gasteiger partial charge in [0, 0.05) is 0 Å². The quantitative estimate of drug-likeness (QED) is 0.561. The SMILES string of the molecule is CC[N+](CC)(CC)c1ccccc1.O.P. The van der Waals surface area contributed by atoms with Gasteiger partial charge in [0.1, 0.15) is 5.69 Å². The van der Waals surface area contributed by atoms with Crippen molar-refractivity contribution in [3.8, 4) is 0 Å². The lowest BCUT2D eigenvalue weighted by Crippen LogP contribution is -2.48. The van der Waals surface area contributed by atoms with Gasteiger partial charge in [-0.25, -0.2) is 0 Å². The number of hydrogen-bond donors (Lipinski definition) is 0. The maximum Gasteiger partial charge on any atom is 0.132 e. The van der Waals surface area contributed by atoms with E-state index in [4.69, 9.17) is 0 Å². The second kappa shape index (κ2) is 7.81. The van der Waals surface area contributed by atoms with Crippen LogP contribution in [0.25, 0.3) is 0 Å². The molecular weight excluding hydrogens is 205 g/mol. The van der Waals surface area contributed by atoms with Gasteiger partial charge >= 0.3 is 0 Å². The van der Waals surface area contributed by atoms with Crippen molar-refractivity contribution in [1.29, 1.82) is 0 Å². The third kappa shape index (κ3) is 3.57. The van der Waals surface area contributed by atoms with Crippen molar-refractivity contribution in [2.75, 3.05) is 19.6 Å². The Morgan fingerprint density at radius 1 is 0.867 bits per heavy atom. The molecule has 1 atom stereocenters. The average Bonchev–Trinajstić information content (AvgIpc) is 2.23. The summed E-state index contributed by atoms with van der Waals surface area (Å²) in [4.78, 5) is 0. The van der Waals surface area contributed by atoms with Crippen LogP contribution >= 0.6 is 9.90 Å². The number of para-hydroxylation sites is 1. The van der Waals surface area contributed by atoms with Gasteiger partial charge in [-0.05, 0) is 32.9 Å². The lowest BCUT2D eigenvalue weighted by Gasteiger charge is -2.35. The maximum absolute atomic E-state index is 2.26. The first-order valence-corrected chi connectivity index (χ1v) is 5.20. The zero-order valence-corrected chi connectivity index (χ0v) is 11.6. The highest BCUT2D eigenvalue weighted by Crippen LogP contribution is 2.21. The molecule has 0 aliphatic heterocycles. The van der Waals surface area contributed by atoms with Gasteiger partial charge in [0.15, 0.2) is 0 Å². The van der Waals surface area contributed by atoms with Crippen LogP contribution in [0.2, 0.25) is 0 Å². The minimum absolute atomic E-state index is 0. The Balaban J connectivity index is 0. The van der Waals surface area contributed by atoms with Crippen molar-refractivity contribution in [3.05, 3.63) is 30.3 Å². The van der Waals surface area contributed by atoms with E-state index in [0.29, 0.717) is 0 Å². The molecule has 1 aromatic carbocycles. The van der Waals surface area contributed by atoms with Crippen LogP contribution in [0.4, 0.5) is 5.69 Å². The number of nitrogens with zero attached hydrogens (tertiary/aromatic N) is 1. The fourth-order valence-corrected chi connectivity index (χ4v) is 1.96. The molecular formula is C12H25NOP+. The molecule has 0 radical (unpaired) electrons. The molecule has 0 spiro atoms. The molecule has 2 nitrogen and oxygen atoms in total. The smallest absolute Gasteiger partial charge is 0.132 e. The van der Waals surface area contributed by atoms with Gasteiger partial charge in [-0.2, -0.15) is 9.90 Å². The summed E-state index contributed by atoms with van der Waals surface area (Å²) in [5.74, 6) is 0. The number of hydrogen-bond acceptors (Lipinski definition) is 0. The fraction of sp³-hybridized carbons (Fsp3) is 0.500. The van der Waals surface area contributed by atoms with Gasteiger partial charge in [-0.1, -0.05) is 18.2 Å². The average molecular weight is 230 g/mol. The molecule has 0 aliphatic carbocycles. The largest absolute Gasteiger partial charge is 0.412 e. The Morgan fingerprint density at radius 3 is 1.60 bits per heavy atom. The molecule has 2 N–H and O–H groups in total. The first-order valence-electron chi connectivity index (χ1n) is 5.20. The Bertz CT molecular complexity index is 239. The Kier molecular flexibility index (Phi) is 8.84. The van der Waals surface area contributed by atoms with Crippen molar-refractivity contribution in [2.24, 2.45) is 0 Å². The molecule has 1 unspecified atom stereocenters. The summed E-state index contributed by atoms with van der Waals surface area (Å²) in [7, 11) is 0. The van der Waals surface area contributed by atoms with Crippen LogP contribution < -0.4 is 4.48 Å². The molecule has 3 heteroatoms. The number of benzene rings is 1. The van der Waals surface area contributed by atoms with Gasteiger partial charge in [-0.15, -0.1) is 0 Å². The predicted molar refractivity (Wildman–Crippen MR) is 74.6 cm³/mol. The summed E-state index contributed by atoms with van der Waals surface area (Å²) in [6.45, 7) is 10.3. The Hall–Kier alpha value is -0.430. The van der Waals surface area contributed by atoms with Crippen LogP contribution in [0.3, 0.4) is 0 Å². The molecule has 0 amide bonds. The molecule has 15 heavy (non-hydrogen) atoms. The van der Waals surface area contributed by atoms with E-state index in [1.807, 2.05) is 0 Å². The van der Waals surface area contributed by atoms with Crippen molar-refractivity contribution in [3.63, 3.8) is 0 Å². The molecule has 0 saturated carbocycles. The van der Waals surface area contributed by atoms with Crippen molar-refractivity contribution < 1.29 is 5.48 Å². The van der Waals surface area contributed by atoms with Crippen molar-refractivity contribution >= 4 is 15.6 Å². The van der Waals surface area contributed by atoms with Crippen LogP contribution in [0, 0.1) is 0 Å². The summed E-state index contributed by atoms with van der Waals surface area (Å²) in [6, 6.07) is 10.8. The first kappa shape index (κ1) is 17.0. The van der Waals surface area contributed by atoms with E-state index in [1.165, 1.54) is 25.3 Å². The van der Waals surface area contributed by atoms with Crippen LogP contribution in [-0.2, 0) is 0 Å². The molecule has 1 aromatic rings.